The van der Waals surface area contributed by atoms with Gasteiger partial charge in [-0.1, -0.05) is 6.07 Å². The van der Waals surface area contributed by atoms with E-state index in [0.29, 0.717) is 6.10 Å². The van der Waals surface area contributed by atoms with Crippen molar-refractivity contribution in [2.75, 3.05) is 13.1 Å². The van der Waals surface area contributed by atoms with E-state index < -0.39 is 0 Å². The van der Waals surface area contributed by atoms with E-state index in [1.54, 1.807) is 0 Å². The summed E-state index contributed by atoms with van der Waals surface area (Å²) in [4.78, 5) is 0. The third-order valence-corrected chi connectivity index (χ3v) is 4.94. The van der Waals surface area contributed by atoms with E-state index >= 15 is 0 Å². The van der Waals surface area contributed by atoms with Crippen molar-refractivity contribution < 1.29 is 4.74 Å². The summed E-state index contributed by atoms with van der Waals surface area (Å²) in [7, 11) is 0. The Kier molecular flexibility index (Phi) is 4.44. The fourth-order valence-electron chi connectivity index (χ4n) is 2.85. The van der Waals surface area contributed by atoms with Crippen LogP contribution < -0.4 is 10.1 Å². The van der Waals surface area contributed by atoms with Crippen molar-refractivity contribution in [2.45, 2.75) is 44.6 Å². The van der Waals surface area contributed by atoms with Gasteiger partial charge >= 0.3 is 0 Å². The van der Waals surface area contributed by atoms with Crippen molar-refractivity contribution in [2.24, 2.45) is 5.92 Å². The van der Waals surface area contributed by atoms with E-state index in [1.165, 1.54) is 57.2 Å². The second kappa shape index (κ2) is 6.27. The highest BCUT2D eigenvalue weighted by Crippen LogP contribution is 2.32. The molecule has 3 heteroatoms. The maximum Gasteiger partial charge on any atom is 0.133 e. The molecule has 0 radical (unpaired) electrons. The van der Waals surface area contributed by atoms with Crippen LogP contribution >= 0.6 is 15.9 Å². The SMILES string of the molecule is Brc1cc(CC2CCNCC2)ccc1OC1CCC1. The summed E-state index contributed by atoms with van der Waals surface area (Å²) in [6, 6.07) is 6.62. The first kappa shape index (κ1) is 13.4. The van der Waals surface area contributed by atoms with E-state index in [4.69, 9.17) is 4.74 Å². The second-order valence-corrected chi connectivity index (χ2v) is 6.69. The van der Waals surface area contributed by atoms with Gasteiger partial charge in [-0.25, -0.2) is 0 Å². The zero-order valence-electron chi connectivity index (χ0n) is 11.3. The number of piperidine rings is 1. The number of halogens is 1. The molecule has 0 bridgehead atoms. The van der Waals surface area contributed by atoms with E-state index in [0.717, 1.165) is 16.1 Å². The molecule has 2 fully saturated rings. The number of ether oxygens (including phenoxy) is 1. The highest BCUT2D eigenvalue weighted by atomic mass is 79.9. The summed E-state index contributed by atoms with van der Waals surface area (Å²) in [6.07, 6.45) is 7.99. The summed E-state index contributed by atoms with van der Waals surface area (Å²) in [6.45, 7) is 2.35. The zero-order valence-corrected chi connectivity index (χ0v) is 12.9. The molecule has 3 rings (SSSR count). The molecule has 1 saturated carbocycles. The van der Waals surface area contributed by atoms with E-state index in [9.17, 15) is 0 Å². The second-order valence-electron chi connectivity index (χ2n) is 5.83. The Balaban J connectivity index is 1.61. The molecule has 1 aliphatic heterocycles. The first-order valence-electron chi connectivity index (χ1n) is 7.47. The van der Waals surface area contributed by atoms with Gasteiger partial charge in [-0.3, -0.25) is 0 Å². The molecule has 1 aromatic rings. The Morgan fingerprint density at radius 3 is 2.58 bits per heavy atom. The van der Waals surface area contributed by atoms with Gasteiger partial charge in [0.2, 0.25) is 0 Å². The Hall–Kier alpha value is -0.540. The Bertz CT molecular complexity index is 425. The van der Waals surface area contributed by atoms with Gasteiger partial charge in [0, 0.05) is 0 Å². The summed E-state index contributed by atoms with van der Waals surface area (Å²) in [5, 5.41) is 3.43. The number of nitrogens with one attached hydrogen (secondary N) is 1. The van der Waals surface area contributed by atoms with Gasteiger partial charge in [0.1, 0.15) is 5.75 Å². The van der Waals surface area contributed by atoms with Crippen molar-refractivity contribution in [3.05, 3.63) is 28.2 Å². The van der Waals surface area contributed by atoms with Crippen molar-refractivity contribution >= 4 is 15.9 Å². The lowest BCUT2D eigenvalue weighted by molar-refractivity contribution is 0.119. The van der Waals surface area contributed by atoms with Gasteiger partial charge in [-0.15, -0.1) is 0 Å². The molecule has 1 N–H and O–H groups in total. The first-order valence-corrected chi connectivity index (χ1v) is 8.26. The van der Waals surface area contributed by atoms with Crippen molar-refractivity contribution in [1.29, 1.82) is 0 Å². The molecule has 1 aliphatic carbocycles. The molecule has 0 unspecified atom stereocenters. The van der Waals surface area contributed by atoms with Crippen LogP contribution in [-0.4, -0.2) is 19.2 Å². The van der Waals surface area contributed by atoms with Gasteiger partial charge in [0.25, 0.3) is 0 Å². The molecular weight excluding hydrogens is 302 g/mol. The average molecular weight is 324 g/mol. The third kappa shape index (κ3) is 3.51. The van der Waals surface area contributed by atoms with Crippen LogP contribution in [0, 0.1) is 5.92 Å². The summed E-state index contributed by atoms with van der Waals surface area (Å²) in [5.41, 5.74) is 1.43. The highest BCUT2D eigenvalue weighted by Gasteiger charge is 2.20. The van der Waals surface area contributed by atoms with Crippen LogP contribution in [0.5, 0.6) is 5.75 Å². The molecular formula is C16H22BrNO. The summed E-state index contributed by atoms with van der Waals surface area (Å²) >= 11 is 3.66. The molecule has 0 atom stereocenters. The predicted molar refractivity (Wildman–Crippen MR) is 81.7 cm³/mol. The molecule has 2 nitrogen and oxygen atoms in total. The largest absolute Gasteiger partial charge is 0.489 e. The fourth-order valence-corrected chi connectivity index (χ4v) is 3.37. The zero-order chi connectivity index (χ0) is 13.1. The normalized spacial score (nSPS) is 21.1. The number of hydrogen-bond acceptors (Lipinski definition) is 2. The van der Waals surface area contributed by atoms with Gasteiger partial charge < -0.3 is 10.1 Å². The van der Waals surface area contributed by atoms with E-state index in [1.807, 2.05) is 0 Å². The number of benzene rings is 1. The third-order valence-electron chi connectivity index (χ3n) is 4.33. The van der Waals surface area contributed by atoms with Gasteiger partial charge in [-0.05, 0) is 91.2 Å². The Morgan fingerprint density at radius 1 is 1.16 bits per heavy atom. The molecule has 19 heavy (non-hydrogen) atoms. The van der Waals surface area contributed by atoms with Crippen LogP contribution in [0.2, 0.25) is 0 Å². The molecule has 104 valence electrons. The maximum absolute atomic E-state index is 5.97. The smallest absolute Gasteiger partial charge is 0.133 e. The Labute approximate surface area is 124 Å². The van der Waals surface area contributed by atoms with Crippen LogP contribution in [0.25, 0.3) is 0 Å². The summed E-state index contributed by atoms with van der Waals surface area (Å²) < 4.78 is 7.09. The lowest BCUT2D eigenvalue weighted by Crippen LogP contribution is -2.28. The minimum atomic E-state index is 0.451. The quantitative estimate of drug-likeness (QED) is 0.906. The molecule has 0 amide bonds. The summed E-state index contributed by atoms with van der Waals surface area (Å²) in [5.74, 6) is 1.85. The van der Waals surface area contributed by atoms with Crippen molar-refractivity contribution in [3.8, 4) is 5.75 Å². The molecule has 1 aromatic carbocycles. The van der Waals surface area contributed by atoms with Crippen LogP contribution in [0.15, 0.2) is 22.7 Å². The monoisotopic (exact) mass is 323 g/mol. The van der Waals surface area contributed by atoms with Crippen LogP contribution in [0.4, 0.5) is 0 Å². The molecule has 2 aliphatic rings. The first-order chi connectivity index (χ1) is 9.31. The van der Waals surface area contributed by atoms with Crippen LogP contribution in [0.3, 0.4) is 0 Å². The highest BCUT2D eigenvalue weighted by molar-refractivity contribution is 9.10. The predicted octanol–water partition coefficient (Wildman–Crippen LogP) is 3.92. The topological polar surface area (TPSA) is 21.3 Å². The molecule has 0 aromatic heterocycles. The van der Waals surface area contributed by atoms with Gasteiger partial charge in [-0.2, -0.15) is 0 Å². The van der Waals surface area contributed by atoms with Gasteiger partial charge in [0.05, 0.1) is 10.6 Å². The van der Waals surface area contributed by atoms with Crippen LogP contribution in [-0.2, 0) is 6.42 Å². The number of rotatable bonds is 4. The number of hydrogen-bond donors (Lipinski definition) is 1. The van der Waals surface area contributed by atoms with Gasteiger partial charge in [0.15, 0.2) is 0 Å². The van der Waals surface area contributed by atoms with E-state index in [2.05, 4.69) is 39.4 Å². The fraction of sp³-hybridized carbons (Fsp3) is 0.625. The molecule has 1 heterocycles. The maximum atomic E-state index is 5.97. The average Bonchev–Trinajstić information content (AvgIpc) is 2.37. The standard InChI is InChI=1S/C16H22BrNO/c17-15-11-13(10-12-6-8-18-9-7-12)4-5-16(15)19-14-2-1-3-14/h4-5,11-12,14,18H,1-3,6-10H2. The molecule has 1 saturated heterocycles. The van der Waals surface area contributed by atoms with Crippen molar-refractivity contribution in [3.63, 3.8) is 0 Å². The van der Waals surface area contributed by atoms with Crippen LogP contribution in [0.1, 0.15) is 37.7 Å². The lowest BCUT2D eigenvalue weighted by atomic mass is 9.91. The lowest BCUT2D eigenvalue weighted by Gasteiger charge is -2.27. The minimum Gasteiger partial charge on any atom is -0.489 e. The Morgan fingerprint density at radius 2 is 1.95 bits per heavy atom. The van der Waals surface area contributed by atoms with E-state index in [-0.39, 0.29) is 0 Å². The van der Waals surface area contributed by atoms with Crippen molar-refractivity contribution in [1.82, 2.24) is 5.32 Å². The molecule has 0 spiro atoms. The minimum absolute atomic E-state index is 0.451.